The van der Waals surface area contributed by atoms with Crippen LogP contribution in [0.4, 0.5) is 11.4 Å². The van der Waals surface area contributed by atoms with E-state index >= 15 is 0 Å². The van der Waals surface area contributed by atoms with Crippen molar-refractivity contribution in [2.75, 3.05) is 23.8 Å². The highest BCUT2D eigenvalue weighted by Crippen LogP contribution is 2.30. The third kappa shape index (κ3) is 8.10. The molecule has 0 saturated heterocycles. The third-order valence-electron chi connectivity index (χ3n) is 5.36. The van der Waals surface area contributed by atoms with Gasteiger partial charge < -0.3 is 20.1 Å². The molecule has 0 saturated carbocycles. The number of rotatable bonds is 10. The number of carbonyl (C=O) groups is 2. The van der Waals surface area contributed by atoms with Crippen molar-refractivity contribution in [1.82, 2.24) is 0 Å². The van der Waals surface area contributed by atoms with Gasteiger partial charge in [-0.15, -0.1) is 0 Å². The van der Waals surface area contributed by atoms with E-state index in [4.69, 9.17) is 9.47 Å². The minimum absolute atomic E-state index is 0.106. The molecule has 3 aromatic carbocycles. The van der Waals surface area contributed by atoms with Gasteiger partial charge in [0.2, 0.25) is 0 Å². The Bertz CT molecular complexity index is 1120. The van der Waals surface area contributed by atoms with Crippen LogP contribution >= 0.6 is 31.9 Å². The number of carbonyl (C=O) groups excluding carboxylic acids is 2. The quantitative estimate of drug-likeness (QED) is 0.247. The molecule has 0 aromatic heterocycles. The van der Waals surface area contributed by atoms with E-state index in [0.717, 1.165) is 20.1 Å². The highest BCUT2D eigenvalue weighted by atomic mass is 79.9. The summed E-state index contributed by atoms with van der Waals surface area (Å²) in [6.07, 6.45) is 0. The summed E-state index contributed by atoms with van der Waals surface area (Å²) in [7, 11) is 0. The molecule has 2 amide bonds. The van der Waals surface area contributed by atoms with Crippen LogP contribution in [0, 0.1) is 0 Å². The van der Waals surface area contributed by atoms with E-state index in [0.29, 0.717) is 22.9 Å². The number of hydrogen-bond donors (Lipinski definition) is 2. The molecule has 190 valence electrons. The lowest BCUT2D eigenvalue weighted by Gasteiger charge is -2.15. The summed E-state index contributed by atoms with van der Waals surface area (Å²) < 4.78 is 13.4. The van der Waals surface area contributed by atoms with Crippen molar-refractivity contribution in [2.24, 2.45) is 0 Å². The van der Waals surface area contributed by atoms with Crippen LogP contribution in [0.15, 0.2) is 69.6 Å². The van der Waals surface area contributed by atoms with Crippen molar-refractivity contribution in [1.29, 1.82) is 0 Å². The Morgan fingerprint density at radius 1 is 0.667 bits per heavy atom. The molecule has 36 heavy (non-hydrogen) atoms. The van der Waals surface area contributed by atoms with E-state index in [1.807, 2.05) is 36.4 Å². The second-order valence-corrected chi connectivity index (χ2v) is 10.8. The fourth-order valence-electron chi connectivity index (χ4n) is 3.52. The van der Waals surface area contributed by atoms with Crippen LogP contribution < -0.4 is 20.1 Å². The molecule has 3 aromatic rings. The Balaban J connectivity index is 1.49. The monoisotopic (exact) mass is 616 g/mol. The van der Waals surface area contributed by atoms with E-state index in [1.54, 1.807) is 24.3 Å². The topological polar surface area (TPSA) is 76.7 Å². The predicted octanol–water partition coefficient (Wildman–Crippen LogP) is 7.49. The van der Waals surface area contributed by atoms with Gasteiger partial charge in [0.05, 0.1) is 0 Å². The van der Waals surface area contributed by atoms with Gasteiger partial charge >= 0.3 is 0 Å². The lowest BCUT2D eigenvalue weighted by Crippen LogP contribution is -2.21. The van der Waals surface area contributed by atoms with Crippen LogP contribution in [0.5, 0.6) is 11.5 Å². The number of halogens is 2. The zero-order valence-electron chi connectivity index (χ0n) is 20.7. The zero-order chi connectivity index (χ0) is 26.2. The van der Waals surface area contributed by atoms with E-state index < -0.39 is 0 Å². The molecule has 0 aliphatic rings. The van der Waals surface area contributed by atoms with E-state index in [2.05, 4.69) is 70.2 Å². The summed E-state index contributed by atoms with van der Waals surface area (Å²) in [6, 6.07) is 18.4. The molecule has 3 rings (SSSR count). The number of hydrogen-bond acceptors (Lipinski definition) is 4. The number of amides is 2. The Hall–Kier alpha value is -2.84. The average molecular weight is 618 g/mol. The van der Waals surface area contributed by atoms with Crippen molar-refractivity contribution >= 4 is 55.0 Å². The number of ether oxygens (including phenoxy) is 2. The lowest BCUT2D eigenvalue weighted by atomic mass is 10.0. The maximum atomic E-state index is 12.4. The zero-order valence-corrected chi connectivity index (χ0v) is 23.9. The maximum absolute atomic E-state index is 12.4. The molecular weight excluding hydrogens is 588 g/mol. The van der Waals surface area contributed by atoms with Gasteiger partial charge in [-0.25, -0.2) is 0 Å². The van der Waals surface area contributed by atoms with E-state index in [9.17, 15) is 9.59 Å². The lowest BCUT2D eigenvalue weighted by molar-refractivity contribution is -0.118. The van der Waals surface area contributed by atoms with Gasteiger partial charge in [0, 0.05) is 20.3 Å². The number of benzene rings is 3. The molecule has 0 aliphatic heterocycles. The first-order valence-corrected chi connectivity index (χ1v) is 13.2. The van der Waals surface area contributed by atoms with Crippen molar-refractivity contribution in [2.45, 2.75) is 39.5 Å². The van der Waals surface area contributed by atoms with Gasteiger partial charge in [0.1, 0.15) is 11.5 Å². The summed E-state index contributed by atoms with van der Waals surface area (Å²) in [5.74, 6) is 1.36. The molecule has 0 fully saturated rings. The number of nitrogens with one attached hydrogen (secondary N) is 2. The Kier molecular flexibility index (Phi) is 9.96. The van der Waals surface area contributed by atoms with Crippen LogP contribution in [-0.2, 0) is 9.59 Å². The number of anilines is 2. The summed E-state index contributed by atoms with van der Waals surface area (Å²) in [4.78, 5) is 24.8. The van der Waals surface area contributed by atoms with Crippen LogP contribution in [0.25, 0.3) is 0 Å². The molecule has 0 aliphatic carbocycles. The van der Waals surface area contributed by atoms with Crippen LogP contribution in [0.1, 0.15) is 50.7 Å². The third-order valence-corrected chi connectivity index (χ3v) is 6.34. The first-order chi connectivity index (χ1) is 17.1. The first-order valence-electron chi connectivity index (χ1n) is 11.7. The molecule has 0 radical (unpaired) electrons. The first kappa shape index (κ1) is 27.7. The molecule has 6 nitrogen and oxygen atoms in total. The fraction of sp³-hybridized carbons (Fsp3) is 0.286. The normalized spacial score (nSPS) is 10.9. The molecule has 0 atom stereocenters. The van der Waals surface area contributed by atoms with Crippen LogP contribution in [-0.4, -0.2) is 25.0 Å². The van der Waals surface area contributed by atoms with Gasteiger partial charge in [-0.3, -0.25) is 9.59 Å². The van der Waals surface area contributed by atoms with E-state index in [-0.39, 0.29) is 36.9 Å². The fourth-order valence-corrected chi connectivity index (χ4v) is 4.28. The van der Waals surface area contributed by atoms with Crippen LogP contribution in [0.3, 0.4) is 0 Å². The molecule has 0 heterocycles. The molecule has 2 N–H and O–H groups in total. The molecule has 0 bridgehead atoms. The SMILES string of the molecule is CC(C)c1cc(Br)ccc1OCC(=O)Nc1ccc(NC(=O)COc2ccc(Br)cc2C(C)C)cc1. The Labute approximate surface area is 229 Å². The largest absolute Gasteiger partial charge is 0.483 e. The standard InChI is InChI=1S/C28H30Br2N2O4/c1-17(2)23-13-19(29)5-11-25(23)35-15-27(33)31-21-7-9-22(10-8-21)32-28(34)16-36-26-12-6-20(30)14-24(26)18(3)4/h5-14,17-18H,15-16H2,1-4H3,(H,31,33)(H,32,34). The summed E-state index contributed by atoms with van der Waals surface area (Å²) in [5.41, 5.74) is 3.27. The molecule has 8 heteroatoms. The molecular formula is C28H30Br2N2O4. The average Bonchev–Trinajstić information content (AvgIpc) is 2.83. The summed E-state index contributed by atoms with van der Waals surface area (Å²) >= 11 is 6.94. The van der Waals surface area contributed by atoms with Gasteiger partial charge in [0.15, 0.2) is 13.2 Å². The van der Waals surface area contributed by atoms with Gasteiger partial charge in [-0.05, 0) is 83.6 Å². The highest BCUT2D eigenvalue weighted by molar-refractivity contribution is 9.10. The smallest absolute Gasteiger partial charge is 0.262 e. The predicted molar refractivity (Wildman–Crippen MR) is 151 cm³/mol. The van der Waals surface area contributed by atoms with Crippen molar-refractivity contribution < 1.29 is 19.1 Å². The highest BCUT2D eigenvalue weighted by Gasteiger charge is 2.13. The maximum Gasteiger partial charge on any atom is 0.262 e. The van der Waals surface area contributed by atoms with Crippen molar-refractivity contribution in [3.05, 3.63) is 80.7 Å². The Morgan fingerprint density at radius 3 is 1.36 bits per heavy atom. The minimum Gasteiger partial charge on any atom is -0.483 e. The van der Waals surface area contributed by atoms with Gasteiger partial charge in [-0.1, -0.05) is 59.6 Å². The summed E-state index contributed by atoms with van der Waals surface area (Å²) in [5, 5.41) is 5.61. The minimum atomic E-state index is -0.270. The molecule has 0 spiro atoms. The Morgan fingerprint density at radius 2 is 1.03 bits per heavy atom. The van der Waals surface area contributed by atoms with Crippen molar-refractivity contribution in [3.63, 3.8) is 0 Å². The van der Waals surface area contributed by atoms with Crippen molar-refractivity contribution in [3.8, 4) is 11.5 Å². The second kappa shape index (κ2) is 12.9. The van der Waals surface area contributed by atoms with E-state index in [1.165, 1.54) is 0 Å². The molecule has 0 unspecified atom stereocenters. The van der Waals surface area contributed by atoms with Gasteiger partial charge in [-0.2, -0.15) is 0 Å². The second-order valence-electron chi connectivity index (χ2n) is 8.92. The van der Waals surface area contributed by atoms with Gasteiger partial charge in [0.25, 0.3) is 11.8 Å². The summed E-state index contributed by atoms with van der Waals surface area (Å²) in [6.45, 7) is 8.09. The van der Waals surface area contributed by atoms with Crippen LogP contribution in [0.2, 0.25) is 0 Å².